The first-order valence-electron chi connectivity index (χ1n) is 5.70. The third kappa shape index (κ3) is 4.46. The minimum absolute atomic E-state index is 0.0596. The predicted molar refractivity (Wildman–Crippen MR) is 67.3 cm³/mol. The second-order valence-electron chi connectivity index (χ2n) is 4.11. The van der Waals surface area contributed by atoms with Crippen molar-refractivity contribution in [3.05, 3.63) is 29.8 Å². The Kier molecular flexibility index (Phi) is 5.11. The smallest absolute Gasteiger partial charge is 0.240 e. The molecule has 2 N–H and O–H groups in total. The van der Waals surface area contributed by atoms with E-state index >= 15 is 0 Å². The molecule has 0 aliphatic heterocycles. The zero-order valence-electron chi connectivity index (χ0n) is 10.2. The van der Waals surface area contributed by atoms with Crippen molar-refractivity contribution in [3.63, 3.8) is 0 Å². The summed E-state index contributed by atoms with van der Waals surface area (Å²) in [4.78, 5) is 0.237. The second-order valence-corrected chi connectivity index (χ2v) is 5.88. The van der Waals surface area contributed by atoms with Gasteiger partial charge in [-0.25, -0.2) is 13.1 Å². The fourth-order valence-corrected chi connectivity index (χ4v) is 2.68. The fraction of sp³-hybridized carbons (Fsp3) is 0.500. The SMILES string of the molecule is CCCC(O)CNS(=O)(=O)c1cccc(C)c1. The van der Waals surface area contributed by atoms with E-state index in [4.69, 9.17) is 0 Å². The fourth-order valence-electron chi connectivity index (χ4n) is 1.51. The zero-order chi connectivity index (χ0) is 12.9. The molecule has 0 amide bonds. The highest BCUT2D eigenvalue weighted by Crippen LogP contribution is 2.10. The molecule has 0 fully saturated rings. The van der Waals surface area contributed by atoms with E-state index in [1.807, 2.05) is 19.9 Å². The number of hydrogen-bond acceptors (Lipinski definition) is 3. The minimum atomic E-state index is -3.51. The molecule has 1 unspecified atom stereocenters. The molecule has 96 valence electrons. The maximum Gasteiger partial charge on any atom is 0.240 e. The third-order valence-electron chi connectivity index (χ3n) is 2.43. The number of hydrogen-bond donors (Lipinski definition) is 2. The van der Waals surface area contributed by atoms with Crippen molar-refractivity contribution in [2.24, 2.45) is 0 Å². The number of benzene rings is 1. The molecule has 0 spiro atoms. The van der Waals surface area contributed by atoms with Gasteiger partial charge in [0.25, 0.3) is 0 Å². The lowest BCUT2D eigenvalue weighted by Crippen LogP contribution is -2.32. The lowest BCUT2D eigenvalue weighted by Gasteiger charge is -2.11. The van der Waals surface area contributed by atoms with Crippen LogP contribution in [-0.2, 0) is 10.0 Å². The van der Waals surface area contributed by atoms with Gasteiger partial charge in [0.1, 0.15) is 0 Å². The molecule has 1 aromatic rings. The second kappa shape index (κ2) is 6.14. The Morgan fingerprint density at radius 2 is 2.12 bits per heavy atom. The van der Waals surface area contributed by atoms with Crippen LogP contribution in [0.2, 0.25) is 0 Å². The molecule has 0 aromatic heterocycles. The highest BCUT2D eigenvalue weighted by molar-refractivity contribution is 7.89. The molecule has 0 bridgehead atoms. The first kappa shape index (κ1) is 14.2. The van der Waals surface area contributed by atoms with Gasteiger partial charge < -0.3 is 5.11 Å². The monoisotopic (exact) mass is 257 g/mol. The first-order valence-corrected chi connectivity index (χ1v) is 7.18. The Morgan fingerprint density at radius 3 is 2.71 bits per heavy atom. The van der Waals surface area contributed by atoms with E-state index in [1.54, 1.807) is 18.2 Å². The van der Waals surface area contributed by atoms with E-state index < -0.39 is 16.1 Å². The molecule has 0 saturated carbocycles. The van der Waals surface area contributed by atoms with Crippen LogP contribution >= 0.6 is 0 Å². The summed E-state index contributed by atoms with van der Waals surface area (Å²) >= 11 is 0. The van der Waals surface area contributed by atoms with E-state index in [0.717, 1.165) is 12.0 Å². The summed E-state index contributed by atoms with van der Waals surface area (Å²) < 4.78 is 26.2. The molecular weight excluding hydrogens is 238 g/mol. The number of sulfonamides is 1. The summed E-state index contributed by atoms with van der Waals surface area (Å²) in [6.07, 6.45) is 0.795. The molecule has 0 aliphatic carbocycles. The van der Waals surface area contributed by atoms with Gasteiger partial charge in [-0.1, -0.05) is 25.5 Å². The molecule has 1 atom stereocenters. The molecule has 17 heavy (non-hydrogen) atoms. The number of rotatable bonds is 6. The van der Waals surface area contributed by atoms with Crippen molar-refractivity contribution in [1.29, 1.82) is 0 Å². The topological polar surface area (TPSA) is 66.4 Å². The number of aliphatic hydroxyl groups excluding tert-OH is 1. The van der Waals surface area contributed by atoms with E-state index in [2.05, 4.69) is 4.72 Å². The predicted octanol–water partition coefficient (Wildman–Crippen LogP) is 1.43. The standard InChI is InChI=1S/C12H19NO3S/c1-3-5-11(14)9-13-17(15,16)12-7-4-6-10(2)8-12/h4,6-8,11,13-14H,3,5,9H2,1-2H3. The average molecular weight is 257 g/mol. The van der Waals surface area contributed by atoms with Crippen molar-refractivity contribution < 1.29 is 13.5 Å². The summed E-state index contributed by atoms with van der Waals surface area (Å²) in [7, 11) is -3.51. The van der Waals surface area contributed by atoms with Crippen molar-refractivity contribution >= 4 is 10.0 Å². The van der Waals surface area contributed by atoms with Gasteiger partial charge in [0, 0.05) is 6.54 Å². The highest BCUT2D eigenvalue weighted by atomic mass is 32.2. The van der Waals surface area contributed by atoms with Gasteiger partial charge in [0.2, 0.25) is 10.0 Å². The van der Waals surface area contributed by atoms with Crippen LogP contribution in [-0.4, -0.2) is 26.2 Å². The Hall–Kier alpha value is -0.910. The van der Waals surface area contributed by atoms with Gasteiger partial charge in [-0.2, -0.15) is 0 Å². The molecule has 5 heteroatoms. The van der Waals surface area contributed by atoms with E-state index in [1.165, 1.54) is 0 Å². The molecule has 0 saturated heterocycles. The lowest BCUT2D eigenvalue weighted by molar-refractivity contribution is 0.167. The third-order valence-corrected chi connectivity index (χ3v) is 3.85. The lowest BCUT2D eigenvalue weighted by atomic mass is 10.2. The number of aliphatic hydroxyl groups is 1. The molecule has 0 heterocycles. The molecule has 1 rings (SSSR count). The van der Waals surface area contributed by atoms with Gasteiger partial charge in [0.05, 0.1) is 11.0 Å². The minimum Gasteiger partial charge on any atom is -0.392 e. The molecule has 1 aromatic carbocycles. The van der Waals surface area contributed by atoms with Crippen LogP contribution < -0.4 is 4.72 Å². The molecule has 0 radical (unpaired) electrons. The summed E-state index contributed by atoms with van der Waals surface area (Å²) in [5, 5.41) is 9.49. The van der Waals surface area contributed by atoms with Crippen LogP contribution in [0.1, 0.15) is 25.3 Å². The van der Waals surface area contributed by atoms with Crippen LogP contribution in [0, 0.1) is 6.92 Å². The van der Waals surface area contributed by atoms with Crippen LogP contribution in [0.3, 0.4) is 0 Å². The molecule has 4 nitrogen and oxygen atoms in total. The van der Waals surface area contributed by atoms with Crippen molar-refractivity contribution in [1.82, 2.24) is 4.72 Å². The number of aryl methyl sites for hydroxylation is 1. The largest absolute Gasteiger partial charge is 0.392 e. The van der Waals surface area contributed by atoms with Crippen molar-refractivity contribution in [2.45, 2.75) is 37.7 Å². The highest BCUT2D eigenvalue weighted by Gasteiger charge is 2.15. The van der Waals surface area contributed by atoms with Gasteiger partial charge in [-0.3, -0.25) is 0 Å². The Bertz CT molecular complexity index is 457. The van der Waals surface area contributed by atoms with E-state index in [9.17, 15) is 13.5 Å². The van der Waals surface area contributed by atoms with E-state index in [-0.39, 0.29) is 11.4 Å². The molecule has 0 aliphatic rings. The summed E-state index contributed by atoms with van der Waals surface area (Å²) in [5.41, 5.74) is 0.891. The Morgan fingerprint density at radius 1 is 1.41 bits per heavy atom. The summed E-state index contributed by atoms with van der Waals surface area (Å²) in [6.45, 7) is 3.84. The van der Waals surface area contributed by atoms with Crippen LogP contribution in [0.4, 0.5) is 0 Å². The first-order chi connectivity index (χ1) is 7.95. The summed E-state index contributed by atoms with van der Waals surface area (Å²) in [5.74, 6) is 0. The number of nitrogens with one attached hydrogen (secondary N) is 1. The Labute approximate surface area is 103 Å². The average Bonchev–Trinajstić information content (AvgIpc) is 2.27. The molecular formula is C12H19NO3S. The van der Waals surface area contributed by atoms with Crippen molar-refractivity contribution in [2.75, 3.05) is 6.54 Å². The Balaban J connectivity index is 2.69. The quantitative estimate of drug-likeness (QED) is 0.810. The van der Waals surface area contributed by atoms with Gasteiger partial charge in [0.15, 0.2) is 0 Å². The van der Waals surface area contributed by atoms with Crippen LogP contribution in [0.5, 0.6) is 0 Å². The van der Waals surface area contributed by atoms with Gasteiger partial charge in [-0.15, -0.1) is 0 Å². The van der Waals surface area contributed by atoms with Crippen molar-refractivity contribution in [3.8, 4) is 0 Å². The normalized spacial score (nSPS) is 13.6. The zero-order valence-corrected chi connectivity index (χ0v) is 11.0. The van der Waals surface area contributed by atoms with Gasteiger partial charge in [-0.05, 0) is 31.0 Å². The van der Waals surface area contributed by atoms with E-state index in [0.29, 0.717) is 6.42 Å². The van der Waals surface area contributed by atoms with Crippen LogP contribution in [0.25, 0.3) is 0 Å². The van der Waals surface area contributed by atoms with Gasteiger partial charge >= 0.3 is 0 Å². The maximum atomic E-state index is 11.9. The summed E-state index contributed by atoms with van der Waals surface area (Å²) in [6, 6.07) is 6.69. The van der Waals surface area contributed by atoms with Crippen LogP contribution in [0.15, 0.2) is 29.2 Å². The maximum absolute atomic E-state index is 11.9.